The zero-order chi connectivity index (χ0) is 16.5. The van der Waals surface area contributed by atoms with E-state index in [4.69, 9.17) is 23.7 Å². The number of rotatable bonds is 6. The summed E-state index contributed by atoms with van der Waals surface area (Å²) in [6, 6.07) is 4.20. The van der Waals surface area contributed by atoms with Gasteiger partial charge in [0.2, 0.25) is 5.09 Å². The van der Waals surface area contributed by atoms with Crippen molar-refractivity contribution < 1.29 is 36.7 Å². The van der Waals surface area contributed by atoms with Gasteiger partial charge in [0.25, 0.3) is 10.0 Å². The Bertz CT molecular complexity index is 796. The minimum absolute atomic E-state index is 0.231. The maximum Gasteiger partial charge on any atom is 0.340 e. The van der Waals surface area contributed by atoms with Gasteiger partial charge in [0, 0.05) is 17.5 Å². The van der Waals surface area contributed by atoms with E-state index < -0.39 is 29.0 Å². The van der Waals surface area contributed by atoms with E-state index in [0.29, 0.717) is 16.9 Å². The van der Waals surface area contributed by atoms with Gasteiger partial charge < -0.3 is 23.7 Å². The molecule has 0 radical (unpaired) electrons. The molecule has 0 atom stereocenters. The molecule has 0 saturated heterocycles. The van der Waals surface area contributed by atoms with Crippen LogP contribution in [0.25, 0.3) is 11.0 Å². The Labute approximate surface area is 126 Å². The van der Waals surface area contributed by atoms with Crippen LogP contribution in [0, 0.1) is 0 Å². The minimum Gasteiger partial charge on any atom is -0.493 e. The number of hydrogen-bond donors (Lipinski definition) is 3. The predicted molar refractivity (Wildman–Crippen MR) is 76.6 cm³/mol. The summed E-state index contributed by atoms with van der Waals surface area (Å²) in [7, 11) is -5.84. The fourth-order valence-corrected chi connectivity index (χ4v) is 3.69. The largest absolute Gasteiger partial charge is 0.493 e. The molecule has 1 aromatic heterocycles. The highest BCUT2D eigenvalue weighted by molar-refractivity contribution is 7.89. The number of methoxy groups -OCH3 is 2. The van der Waals surface area contributed by atoms with Gasteiger partial charge in [-0.1, -0.05) is 0 Å². The van der Waals surface area contributed by atoms with E-state index in [1.807, 2.05) is 0 Å². The van der Waals surface area contributed by atoms with Crippen LogP contribution in [0.2, 0.25) is 0 Å². The first-order valence-corrected chi connectivity index (χ1v) is 9.14. The Morgan fingerprint density at radius 2 is 1.77 bits per heavy atom. The average Bonchev–Trinajstić information content (AvgIpc) is 2.86. The standard InChI is InChI=1S/C11H14NO8PS/c1-18-9-3-7-4-11(20-8(7)5-10(9)19-2)22(16,17)12-6-21(13,14)15/h3-5,12H,6H2,1-2H3,(H2,13,14,15). The molecular weight excluding hydrogens is 337 g/mol. The minimum atomic E-state index is -4.51. The zero-order valence-electron chi connectivity index (χ0n) is 11.6. The third-order valence-electron chi connectivity index (χ3n) is 2.73. The monoisotopic (exact) mass is 351 g/mol. The normalized spacial score (nSPS) is 12.5. The van der Waals surface area contributed by atoms with Gasteiger partial charge in [0.1, 0.15) is 11.9 Å². The van der Waals surface area contributed by atoms with Gasteiger partial charge in [-0.15, -0.1) is 0 Å². The Morgan fingerprint density at radius 1 is 1.18 bits per heavy atom. The molecule has 122 valence electrons. The second-order valence-corrected chi connectivity index (χ2v) is 7.62. The van der Waals surface area contributed by atoms with E-state index >= 15 is 0 Å². The molecule has 0 saturated carbocycles. The first kappa shape index (κ1) is 16.8. The lowest BCUT2D eigenvalue weighted by Gasteiger charge is -2.06. The van der Waals surface area contributed by atoms with E-state index in [-0.39, 0.29) is 5.58 Å². The van der Waals surface area contributed by atoms with E-state index in [1.165, 1.54) is 32.4 Å². The lowest BCUT2D eigenvalue weighted by Crippen LogP contribution is -2.24. The van der Waals surface area contributed by atoms with E-state index in [0.717, 1.165) is 0 Å². The van der Waals surface area contributed by atoms with Gasteiger partial charge in [0.05, 0.1) is 14.2 Å². The quantitative estimate of drug-likeness (QED) is 0.652. The maximum absolute atomic E-state index is 11.9. The molecule has 3 N–H and O–H groups in total. The molecule has 0 unspecified atom stereocenters. The summed E-state index contributed by atoms with van der Waals surface area (Å²) in [6.07, 6.45) is -1.01. The van der Waals surface area contributed by atoms with Crippen LogP contribution < -0.4 is 14.2 Å². The molecule has 11 heteroatoms. The van der Waals surface area contributed by atoms with Gasteiger partial charge in [-0.05, 0) is 6.07 Å². The zero-order valence-corrected chi connectivity index (χ0v) is 13.3. The molecule has 0 fully saturated rings. The molecule has 1 heterocycles. The fourth-order valence-electron chi connectivity index (χ4n) is 1.71. The Kier molecular flexibility index (Phi) is 4.50. The summed E-state index contributed by atoms with van der Waals surface area (Å²) in [6.45, 7) is 0. The van der Waals surface area contributed by atoms with Crippen LogP contribution in [0.3, 0.4) is 0 Å². The first-order valence-electron chi connectivity index (χ1n) is 5.86. The van der Waals surface area contributed by atoms with Crippen LogP contribution in [-0.4, -0.2) is 38.7 Å². The van der Waals surface area contributed by atoms with Crippen molar-refractivity contribution in [2.24, 2.45) is 0 Å². The predicted octanol–water partition coefficient (Wildman–Crippen LogP) is 0.863. The number of fused-ring (bicyclic) bond motifs is 1. The molecule has 0 bridgehead atoms. The number of sulfonamides is 1. The number of ether oxygens (including phenoxy) is 2. The second-order valence-electron chi connectivity index (χ2n) is 4.28. The van der Waals surface area contributed by atoms with Crippen molar-refractivity contribution in [1.29, 1.82) is 0 Å². The number of furan rings is 1. The molecule has 2 aromatic rings. The van der Waals surface area contributed by atoms with Crippen molar-refractivity contribution in [3.8, 4) is 11.5 Å². The van der Waals surface area contributed by atoms with Crippen molar-refractivity contribution in [3.63, 3.8) is 0 Å². The number of hydrogen-bond acceptors (Lipinski definition) is 6. The Morgan fingerprint density at radius 3 is 2.32 bits per heavy atom. The van der Waals surface area contributed by atoms with Crippen molar-refractivity contribution in [2.75, 3.05) is 20.5 Å². The lowest BCUT2D eigenvalue weighted by molar-refractivity contribution is 0.355. The summed E-state index contributed by atoms with van der Waals surface area (Å²) in [5, 5.41) is -0.0274. The highest BCUT2D eigenvalue weighted by Crippen LogP contribution is 2.36. The Hall–Kier alpha value is -1.58. The SMILES string of the molecule is COc1cc2cc(S(=O)(=O)NCP(=O)(O)O)oc2cc1OC. The van der Waals surface area contributed by atoms with E-state index in [2.05, 4.69) is 0 Å². The second kappa shape index (κ2) is 5.90. The average molecular weight is 351 g/mol. The highest BCUT2D eigenvalue weighted by atomic mass is 32.2. The molecule has 0 amide bonds. The van der Waals surface area contributed by atoms with Crippen molar-refractivity contribution >= 4 is 28.6 Å². The molecule has 1 aromatic carbocycles. The summed E-state index contributed by atoms with van der Waals surface area (Å²) in [5.41, 5.74) is 0.231. The molecule has 0 aliphatic heterocycles. The summed E-state index contributed by atoms with van der Waals surface area (Å²) < 4.78 is 51.8. The van der Waals surface area contributed by atoms with Gasteiger partial charge in [0.15, 0.2) is 11.5 Å². The lowest BCUT2D eigenvalue weighted by atomic mass is 10.2. The van der Waals surface area contributed by atoms with E-state index in [9.17, 15) is 13.0 Å². The Balaban J connectivity index is 2.42. The van der Waals surface area contributed by atoms with E-state index in [1.54, 1.807) is 4.72 Å². The molecular formula is C11H14NO8PS. The molecule has 9 nitrogen and oxygen atoms in total. The molecule has 2 rings (SSSR count). The van der Waals surface area contributed by atoms with Gasteiger partial charge in [-0.2, -0.15) is 4.72 Å². The van der Waals surface area contributed by atoms with Crippen LogP contribution in [0.1, 0.15) is 0 Å². The summed E-state index contributed by atoms with van der Waals surface area (Å²) in [4.78, 5) is 17.4. The van der Waals surface area contributed by atoms with Gasteiger partial charge in [-0.3, -0.25) is 4.57 Å². The van der Waals surface area contributed by atoms with Crippen molar-refractivity contribution in [2.45, 2.75) is 5.09 Å². The number of benzene rings is 1. The molecule has 0 spiro atoms. The van der Waals surface area contributed by atoms with Gasteiger partial charge >= 0.3 is 7.60 Å². The number of nitrogens with one attached hydrogen (secondary N) is 1. The highest BCUT2D eigenvalue weighted by Gasteiger charge is 2.24. The van der Waals surface area contributed by atoms with Crippen molar-refractivity contribution in [1.82, 2.24) is 4.72 Å². The topological polar surface area (TPSA) is 135 Å². The van der Waals surface area contributed by atoms with Crippen LogP contribution >= 0.6 is 7.60 Å². The third kappa shape index (κ3) is 3.60. The van der Waals surface area contributed by atoms with Crippen LogP contribution in [0.15, 0.2) is 27.7 Å². The first-order chi connectivity index (χ1) is 10.2. The van der Waals surface area contributed by atoms with Gasteiger partial charge in [-0.25, -0.2) is 8.42 Å². The fraction of sp³-hybridized carbons (Fsp3) is 0.273. The van der Waals surface area contributed by atoms with Crippen molar-refractivity contribution in [3.05, 3.63) is 18.2 Å². The van der Waals surface area contributed by atoms with Crippen LogP contribution in [-0.2, 0) is 14.6 Å². The summed E-state index contributed by atoms with van der Waals surface area (Å²) >= 11 is 0. The van der Waals surface area contributed by atoms with Crippen LogP contribution in [0.4, 0.5) is 0 Å². The molecule has 22 heavy (non-hydrogen) atoms. The van der Waals surface area contributed by atoms with Crippen LogP contribution in [0.5, 0.6) is 11.5 Å². The smallest absolute Gasteiger partial charge is 0.340 e. The third-order valence-corrected chi connectivity index (χ3v) is 4.76. The molecule has 0 aliphatic rings. The summed E-state index contributed by atoms with van der Waals surface area (Å²) in [5.74, 6) is 0.749. The maximum atomic E-state index is 11.9. The molecule has 0 aliphatic carbocycles.